The summed E-state index contributed by atoms with van der Waals surface area (Å²) in [4.78, 5) is 12.2. The highest BCUT2D eigenvalue weighted by atomic mass is 16.5. The minimum Gasteiger partial charge on any atom is -0.381 e. The molecule has 2 heterocycles. The maximum atomic E-state index is 12.2. The first-order valence-corrected chi connectivity index (χ1v) is 7.86. The summed E-state index contributed by atoms with van der Waals surface area (Å²) in [5, 5.41) is 6.85. The van der Waals surface area contributed by atoms with Crippen molar-refractivity contribution in [3.8, 4) is 11.3 Å². The maximum Gasteiger partial charge on any atom is 0.237 e. The fourth-order valence-electron chi connectivity index (χ4n) is 2.72. The smallest absolute Gasteiger partial charge is 0.237 e. The lowest BCUT2D eigenvalue weighted by Gasteiger charge is -2.26. The van der Waals surface area contributed by atoms with Crippen molar-refractivity contribution in [2.45, 2.75) is 25.4 Å². The Balaban J connectivity index is 1.54. The summed E-state index contributed by atoms with van der Waals surface area (Å²) >= 11 is 0. The van der Waals surface area contributed by atoms with Gasteiger partial charge in [0.25, 0.3) is 0 Å². The molecule has 0 spiro atoms. The van der Waals surface area contributed by atoms with Gasteiger partial charge in [-0.25, -0.2) is 0 Å². The molecule has 0 radical (unpaired) electrons. The second kappa shape index (κ2) is 7.39. The third-order valence-electron chi connectivity index (χ3n) is 4.14. The minimum atomic E-state index is -0.504. The number of rotatable bonds is 5. The highest BCUT2D eigenvalue weighted by Gasteiger charge is 2.26. The van der Waals surface area contributed by atoms with Crippen molar-refractivity contribution in [2.24, 2.45) is 11.7 Å². The van der Waals surface area contributed by atoms with E-state index in [9.17, 15) is 4.79 Å². The van der Waals surface area contributed by atoms with Crippen LogP contribution in [0.4, 0.5) is 0 Å². The highest BCUT2D eigenvalue weighted by Crippen LogP contribution is 2.19. The fraction of sp³-hybridized carbons (Fsp3) is 0.412. The second-order valence-electron chi connectivity index (χ2n) is 5.74. The number of aromatic nitrogens is 1. The molecule has 2 aromatic rings. The normalized spacial score (nSPS) is 16.9. The van der Waals surface area contributed by atoms with Crippen molar-refractivity contribution < 1.29 is 14.1 Å². The summed E-state index contributed by atoms with van der Waals surface area (Å²) in [6, 6.07) is 11.1. The summed E-state index contributed by atoms with van der Waals surface area (Å²) in [5.74, 6) is 0.629. The maximum absolute atomic E-state index is 12.2. The van der Waals surface area contributed by atoms with Gasteiger partial charge in [-0.2, -0.15) is 0 Å². The standard InChI is InChI=1S/C17H21N3O3/c18-16(13-6-8-22-9-7-13)17(21)19-11-14-10-15(20-23-14)12-4-2-1-3-5-12/h1-5,10,13,16H,6-9,11,18H2,(H,19,21). The summed E-state index contributed by atoms with van der Waals surface area (Å²) < 4.78 is 10.6. The van der Waals surface area contributed by atoms with Crippen LogP contribution in [-0.2, 0) is 16.1 Å². The van der Waals surface area contributed by atoms with Crippen LogP contribution >= 0.6 is 0 Å². The Bertz CT molecular complexity index is 636. The number of amides is 1. The summed E-state index contributed by atoms with van der Waals surface area (Å²) in [6.45, 7) is 1.64. The first kappa shape index (κ1) is 15.7. The molecule has 1 aromatic heterocycles. The second-order valence-corrected chi connectivity index (χ2v) is 5.74. The third kappa shape index (κ3) is 3.97. The van der Waals surface area contributed by atoms with Crippen LogP contribution in [0.3, 0.4) is 0 Å². The van der Waals surface area contributed by atoms with Gasteiger partial charge in [-0.15, -0.1) is 0 Å². The molecule has 23 heavy (non-hydrogen) atoms. The molecule has 1 atom stereocenters. The third-order valence-corrected chi connectivity index (χ3v) is 4.14. The molecule has 0 saturated carbocycles. The number of benzene rings is 1. The van der Waals surface area contributed by atoms with Crippen LogP contribution in [0.5, 0.6) is 0 Å². The Hall–Kier alpha value is -2.18. The van der Waals surface area contributed by atoms with Gasteiger partial charge >= 0.3 is 0 Å². The summed E-state index contributed by atoms with van der Waals surface area (Å²) in [5.41, 5.74) is 7.77. The van der Waals surface area contributed by atoms with Crippen molar-refractivity contribution in [3.05, 3.63) is 42.2 Å². The van der Waals surface area contributed by atoms with E-state index in [4.69, 9.17) is 15.0 Å². The van der Waals surface area contributed by atoms with E-state index in [1.807, 2.05) is 36.4 Å². The van der Waals surface area contributed by atoms with Crippen molar-refractivity contribution in [2.75, 3.05) is 13.2 Å². The molecule has 1 amide bonds. The van der Waals surface area contributed by atoms with Crippen molar-refractivity contribution >= 4 is 5.91 Å². The number of hydrogen-bond acceptors (Lipinski definition) is 5. The monoisotopic (exact) mass is 315 g/mol. The number of carbonyl (C=O) groups is 1. The van der Waals surface area contributed by atoms with Gasteiger partial charge in [-0.05, 0) is 18.8 Å². The number of nitrogens with two attached hydrogens (primary N) is 1. The molecule has 0 aliphatic carbocycles. The molecule has 3 rings (SSSR count). The van der Waals surface area contributed by atoms with Gasteiger partial charge in [0.15, 0.2) is 5.76 Å². The topological polar surface area (TPSA) is 90.4 Å². The summed E-state index contributed by atoms with van der Waals surface area (Å²) in [7, 11) is 0. The Labute approximate surface area is 135 Å². The van der Waals surface area contributed by atoms with Gasteiger partial charge < -0.3 is 20.3 Å². The Morgan fingerprint density at radius 3 is 2.78 bits per heavy atom. The van der Waals surface area contributed by atoms with Crippen LogP contribution in [0.25, 0.3) is 11.3 Å². The molecule has 122 valence electrons. The molecule has 1 aliphatic rings. The lowest BCUT2D eigenvalue weighted by Crippen LogP contribution is -2.46. The quantitative estimate of drug-likeness (QED) is 0.876. The van der Waals surface area contributed by atoms with Crippen LogP contribution < -0.4 is 11.1 Å². The van der Waals surface area contributed by atoms with Gasteiger partial charge in [-0.3, -0.25) is 4.79 Å². The van der Waals surface area contributed by atoms with E-state index in [1.165, 1.54) is 0 Å². The Morgan fingerprint density at radius 2 is 2.04 bits per heavy atom. The highest BCUT2D eigenvalue weighted by molar-refractivity contribution is 5.81. The van der Waals surface area contributed by atoms with Gasteiger partial charge in [0.05, 0.1) is 12.6 Å². The average molecular weight is 315 g/mol. The van der Waals surface area contributed by atoms with E-state index < -0.39 is 6.04 Å². The van der Waals surface area contributed by atoms with Crippen LogP contribution in [0.1, 0.15) is 18.6 Å². The van der Waals surface area contributed by atoms with E-state index in [0.29, 0.717) is 19.0 Å². The van der Waals surface area contributed by atoms with Crippen LogP contribution in [0.2, 0.25) is 0 Å². The zero-order valence-corrected chi connectivity index (χ0v) is 12.9. The molecule has 1 aliphatic heterocycles. The van der Waals surface area contributed by atoms with E-state index in [0.717, 1.165) is 24.1 Å². The molecular weight excluding hydrogens is 294 g/mol. The molecule has 0 bridgehead atoms. The number of carbonyl (C=O) groups excluding carboxylic acids is 1. The van der Waals surface area contributed by atoms with E-state index in [2.05, 4.69) is 10.5 Å². The van der Waals surface area contributed by atoms with Crippen molar-refractivity contribution in [1.29, 1.82) is 0 Å². The molecule has 3 N–H and O–H groups in total. The van der Waals surface area contributed by atoms with E-state index >= 15 is 0 Å². The first-order chi connectivity index (χ1) is 11.2. The fourth-order valence-corrected chi connectivity index (χ4v) is 2.72. The Morgan fingerprint density at radius 1 is 1.30 bits per heavy atom. The molecule has 1 saturated heterocycles. The number of ether oxygens (including phenoxy) is 1. The number of nitrogens with zero attached hydrogens (tertiary/aromatic N) is 1. The summed E-state index contributed by atoms with van der Waals surface area (Å²) in [6.07, 6.45) is 1.66. The molecule has 1 unspecified atom stereocenters. The van der Waals surface area contributed by atoms with Crippen LogP contribution in [0.15, 0.2) is 40.9 Å². The molecule has 1 fully saturated rings. The predicted octanol–water partition coefficient (Wildman–Crippen LogP) is 1.71. The first-order valence-electron chi connectivity index (χ1n) is 7.86. The molecular formula is C17H21N3O3. The molecule has 6 nitrogen and oxygen atoms in total. The van der Waals surface area contributed by atoms with Gasteiger partial charge in [-0.1, -0.05) is 35.5 Å². The SMILES string of the molecule is NC(C(=O)NCc1cc(-c2ccccc2)no1)C1CCOCC1. The Kier molecular flexibility index (Phi) is 5.05. The average Bonchev–Trinajstić information content (AvgIpc) is 3.09. The van der Waals surface area contributed by atoms with Crippen LogP contribution in [0, 0.1) is 5.92 Å². The van der Waals surface area contributed by atoms with Gasteiger partial charge in [0.1, 0.15) is 5.69 Å². The zero-order valence-electron chi connectivity index (χ0n) is 12.9. The molecule has 1 aromatic carbocycles. The predicted molar refractivity (Wildman–Crippen MR) is 85.3 cm³/mol. The largest absolute Gasteiger partial charge is 0.381 e. The number of hydrogen-bond donors (Lipinski definition) is 2. The van der Waals surface area contributed by atoms with Crippen molar-refractivity contribution in [1.82, 2.24) is 10.5 Å². The van der Waals surface area contributed by atoms with E-state index in [1.54, 1.807) is 0 Å². The van der Waals surface area contributed by atoms with E-state index in [-0.39, 0.29) is 18.4 Å². The van der Waals surface area contributed by atoms with Crippen molar-refractivity contribution in [3.63, 3.8) is 0 Å². The lowest BCUT2D eigenvalue weighted by atomic mass is 9.92. The zero-order chi connectivity index (χ0) is 16.1. The van der Waals surface area contributed by atoms with Gasteiger partial charge in [0, 0.05) is 24.8 Å². The lowest BCUT2D eigenvalue weighted by molar-refractivity contribution is -0.124. The molecule has 6 heteroatoms. The van der Waals surface area contributed by atoms with Crippen LogP contribution in [-0.4, -0.2) is 30.3 Å². The minimum absolute atomic E-state index is 0.158. The number of nitrogens with one attached hydrogen (secondary N) is 1. The van der Waals surface area contributed by atoms with Gasteiger partial charge in [0.2, 0.25) is 5.91 Å².